The number of ether oxygens (including phenoxy) is 6. The third-order valence-electron chi connectivity index (χ3n) is 6.04. The van der Waals surface area contributed by atoms with Crippen molar-refractivity contribution in [3.8, 4) is 0 Å². The van der Waals surface area contributed by atoms with Crippen LogP contribution in [0, 0.1) is 0 Å². The molecule has 1 heterocycles. The molecule has 0 amide bonds. The number of benzene rings is 3. The monoisotopic (exact) mass is 526 g/mol. The molecule has 0 aromatic heterocycles. The van der Waals surface area contributed by atoms with Gasteiger partial charge in [-0.2, -0.15) is 8.78 Å². The van der Waals surface area contributed by atoms with Gasteiger partial charge in [-0.15, -0.1) is 0 Å². The van der Waals surface area contributed by atoms with Crippen LogP contribution in [0.4, 0.5) is 8.78 Å². The second kappa shape index (κ2) is 14.7. The zero-order valence-corrected chi connectivity index (χ0v) is 21.2. The molecular formula is C30H32F2O6. The summed E-state index contributed by atoms with van der Waals surface area (Å²) < 4.78 is 63.5. The first kappa shape index (κ1) is 27.9. The van der Waals surface area contributed by atoms with Crippen molar-refractivity contribution in [2.45, 2.75) is 44.2 Å². The highest BCUT2D eigenvalue weighted by atomic mass is 19.3. The fourth-order valence-corrected chi connectivity index (χ4v) is 4.21. The van der Waals surface area contributed by atoms with Gasteiger partial charge in [-0.25, -0.2) is 0 Å². The smallest absolute Gasteiger partial charge is 0.310 e. The first-order valence-corrected chi connectivity index (χ1v) is 12.4. The van der Waals surface area contributed by atoms with Crippen LogP contribution >= 0.6 is 0 Å². The third kappa shape index (κ3) is 7.93. The number of hydrogen-bond donors (Lipinski definition) is 0. The summed E-state index contributed by atoms with van der Waals surface area (Å²) in [6, 6.07) is 28.4. The van der Waals surface area contributed by atoms with Gasteiger partial charge in [0.2, 0.25) is 0 Å². The molecule has 0 bridgehead atoms. The second-order valence-electron chi connectivity index (χ2n) is 8.80. The Kier molecular flexibility index (Phi) is 10.8. The molecule has 0 unspecified atom stereocenters. The van der Waals surface area contributed by atoms with E-state index >= 15 is 0 Å². The molecule has 1 aliphatic heterocycles. The number of rotatable bonds is 13. The van der Waals surface area contributed by atoms with Crippen molar-refractivity contribution in [3.05, 3.63) is 120 Å². The normalized spacial score (nSPS) is 21.2. The van der Waals surface area contributed by atoms with Crippen LogP contribution in [0.3, 0.4) is 0 Å². The van der Waals surface area contributed by atoms with Crippen LogP contribution < -0.4 is 0 Å². The van der Waals surface area contributed by atoms with E-state index in [0.29, 0.717) is 0 Å². The molecule has 6 nitrogen and oxygen atoms in total. The van der Waals surface area contributed by atoms with Gasteiger partial charge in [-0.3, -0.25) is 0 Å². The van der Waals surface area contributed by atoms with Crippen molar-refractivity contribution < 1.29 is 37.2 Å². The van der Waals surface area contributed by atoms with Gasteiger partial charge in [0.15, 0.2) is 11.9 Å². The van der Waals surface area contributed by atoms with Crippen LogP contribution in [-0.4, -0.2) is 44.9 Å². The Labute approximate surface area is 221 Å². The summed E-state index contributed by atoms with van der Waals surface area (Å²) in [6.45, 7) is 0.428. The molecule has 8 heteroatoms. The number of halogens is 2. The molecule has 0 saturated carbocycles. The largest absolute Gasteiger partial charge is 0.481 e. The van der Waals surface area contributed by atoms with E-state index in [1.165, 1.54) is 7.11 Å². The van der Waals surface area contributed by atoms with Gasteiger partial charge in [0.05, 0.1) is 26.4 Å². The molecule has 202 valence electrons. The molecule has 1 aliphatic rings. The second-order valence-corrected chi connectivity index (χ2v) is 8.80. The van der Waals surface area contributed by atoms with Crippen molar-refractivity contribution in [2.24, 2.45) is 0 Å². The zero-order chi connectivity index (χ0) is 26.6. The lowest BCUT2D eigenvalue weighted by Crippen LogP contribution is -2.56. The topological polar surface area (TPSA) is 55.4 Å². The minimum Gasteiger partial charge on any atom is -0.481 e. The lowest BCUT2D eigenvalue weighted by molar-refractivity contribution is -0.228. The molecule has 1 saturated heterocycles. The Bertz CT molecular complexity index is 1110. The fourth-order valence-electron chi connectivity index (χ4n) is 4.21. The van der Waals surface area contributed by atoms with E-state index in [2.05, 4.69) is 0 Å². The van der Waals surface area contributed by atoms with Gasteiger partial charge in [-0.05, 0) is 16.7 Å². The maximum Gasteiger partial charge on any atom is 0.310 e. The molecular weight excluding hydrogens is 494 g/mol. The first-order chi connectivity index (χ1) is 18.7. The molecule has 3 aromatic rings. The molecule has 38 heavy (non-hydrogen) atoms. The maximum absolute atomic E-state index is 14.3. The van der Waals surface area contributed by atoms with E-state index in [-0.39, 0.29) is 33.2 Å². The molecule has 4 rings (SSSR count). The Morgan fingerprint density at radius 1 is 0.684 bits per heavy atom. The van der Waals surface area contributed by atoms with Crippen molar-refractivity contribution >= 4 is 0 Å². The molecule has 0 radical (unpaired) electrons. The number of hydrogen-bond acceptors (Lipinski definition) is 6. The van der Waals surface area contributed by atoms with Crippen LogP contribution in [0.2, 0.25) is 0 Å². The van der Waals surface area contributed by atoms with Crippen molar-refractivity contribution in [2.75, 3.05) is 20.5 Å². The van der Waals surface area contributed by atoms with E-state index in [1.807, 2.05) is 91.0 Å². The van der Waals surface area contributed by atoms with Crippen LogP contribution in [0.5, 0.6) is 0 Å². The van der Waals surface area contributed by atoms with E-state index in [1.54, 1.807) is 0 Å². The first-order valence-electron chi connectivity index (χ1n) is 12.4. The average Bonchev–Trinajstić information content (AvgIpc) is 2.96. The van der Waals surface area contributed by atoms with Gasteiger partial charge in [0.1, 0.15) is 25.1 Å². The minimum atomic E-state index is -1.98. The van der Waals surface area contributed by atoms with Crippen molar-refractivity contribution in [1.82, 2.24) is 0 Å². The van der Waals surface area contributed by atoms with Crippen molar-refractivity contribution in [1.29, 1.82) is 0 Å². The molecule has 0 N–H and O–H groups in total. The van der Waals surface area contributed by atoms with Crippen LogP contribution in [0.1, 0.15) is 16.7 Å². The fraction of sp³-hybridized carbons (Fsp3) is 0.333. The van der Waals surface area contributed by atoms with E-state index < -0.39 is 36.3 Å². The average molecular weight is 527 g/mol. The minimum absolute atomic E-state index is 0.0219. The third-order valence-corrected chi connectivity index (χ3v) is 6.04. The highest BCUT2D eigenvalue weighted by molar-refractivity contribution is 5.18. The van der Waals surface area contributed by atoms with Gasteiger partial charge in [-0.1, -0.05) is 91.0 Å². The van der Waals surface area contributed by atoms with Crippen molar-refractivity contribution in [3.63, 3.8) is 0 Å². The van der Waals surface area contributed by atoms with Gasteiger partial charge in [0.25, 0.3) is 0 Å². The number of methoxy groups -OCH3 is 1. The Morgan fingerprint density at radius 2 is 1.16 bits per heavy atom. The Hall–Kier alpha value is -3.14. The van der Waals surface area contributed by atoms with E-state index in [4.69, 9.17) is 28.4 Å². The highest BCUT2D eigenvalue weighted by Gasteiger charge is 2.48. The molecule has 0 spiro atoms. The molecule has 4 atom stereocenters. The Morgan fingerprint density at radius 3 is 1.63 bits per heavy atom. The lowest BCUT2D eigenvalue weighted by atomic mass is 9.97. The summed E-state index contributed by atoms with van der Waals surface area (Å²) in [6.07, 6.45) is -5.76. The quantitative estimate of drug-likeness (QED) is 0.205. The summed E-state index contributed by atoms with van der Waals surface area (Å²) in [4.78, 5) is 0. The molecule has 0 aliphatic carbocycles. The molecule has 3 aromatic carbocycles. The SMILES string of the molecule is COCOC[C@@H]1OC(=C(F)F)[C@@H](OCc2ccccc2)[C@H](OCc2ccccc2)[C@H]1OCc1ccccc1. The van der Waals surface area contributed by atoms with Gasteiger partial charge in [0, 0.05) is 7.11 Å². The predicted molar refractivity (Wildman–Crippen MR) is 137 cm³/mol. The standard InChI is InChI=1S/C30H32F2O6/c1-33-21-34-20-25-26(35-17-22-11-5-2-6-12-22)27(36-18-23-13-7-3-8-14-23)28(29(38-25)30(31)32)37-19-24-15-9-4-10-16-24/h2-16,25-28H,17-21H2,1H3/t25-,26-,27+,28-/m0/s1. The van der Waals surface area contributed by atoms with Crippen LogP contribution in [0.15, 0.2) is 103 Å². The summed E-state index contributed by atoms with van der Waals surface area (Å²) >= 11 is 0. The Balaban J connectivity index is 1.63. The lowest BCUT2D eigenvalue weighted by Gasteiger charge is -2.43. The van der Waals surface area contributed by atoms with Gasteiger partial charge < -0.3 is 28.4 Å². The molecule has 1 fully saturated rings. The summed E-state index contributed by atoms with van der Waals surface area (Å²) in [7, 11) is 1.48. The van der Waals surface area contributed by atoms with Crippen LogP contribution in [0.25, 0.3) is 0 Å². The highest BCUT2D eigenvalue weighted by Crippen LogP contribution is 2.35. The maximum atomic E-state index is 14.3. The van der Waals surface area contributed by atoms with Gasteiger partial charge >= 0.3 is 6.08 Å². The van der Waals surface area contributed by atoms with E-state index in [9.17, 15) is 8.78 Å². The summed E-state index contributed by atoms with van der Waals surface area (Å²) in [5, 5.41) is 0. The predicted octanol–water partition coefficient (Wildman–Crippen LogP) is 5.87. The summed E-state index contributed by atoms with van der Waals surface area (Å²) in [5.74, 6) is -0.579. The van der Waals surface area contributed by atoms with Crippen LogP contribution in [-0.2, 0) is 48.2 Å². The summed E-state index contributed by atoms with van der Waals surface area (Å²) in [5.41, 5.74) is 2.65. The van der Waals surface area contributed by atoms with E-state index in [0.717, 1.165) is 16.7 Å². The zero-order valence-electron chi connectivity index (χ0n) is 21.2.